The van der Waals surface area contributed by atoms with Crippen LogP contribution in [-0.4, -0.2) is 19.3 Å². The Labute approximate surface area is 153 Å². The molecule has 6 nitrogen and oxygen atoms in total. The van der Waals surface area contributed by atoms with Gasteiger partial charge < -0.3 is 5.32 Å². The minimum Gasteiger partial charge on any atom is -0.322 e. The minimum absolute atomic E-state index is 0.0761. The topological polar surface area (TPSA) is 88.2 Å². The molecule has 1 amide bonds. The van der Waals surface area contributed by atoms with Crippen molar-refractivity contribution in [3.63, 3.8) is 0 Å². The van der Waals surface area contributed by atoms with Crippen LogP contribution in [0.1, 0.15) is 10.4 Å². The number of sulfonamides is 1. The quantitative estimate of drug-likeness (QED) is 0.689. The monoisotopic (exact) mass is 393 g/mol. The second-order valence-corrected chi connectivity index (χ2v) is 7.94. The number of rotatable bonds is 5. The van der Waals surface area contributed by atoms with E-state index >= 15 is 0 Å². The van der Waals surface area contributed by atoms with Crippen LogP contribution in [0, 0.1) is 0 Å². The molecule has 2 aromatic carbocycles. The number of nitrogens with one attached hydrogen (secondary N) is 2. The first-order valence-corrected chi connectivity index (χ1v) is 9.77. The highest BCUT2D eigenvalue weighted by Crippen LogP contribution is 2.20. The number of thiazole rings is 1. The summed E-state index contributed by atoms with van der Waals surface area (Å²) in [5, 5.41) is 5.20. The number of halogens is 1. The first-order valence-electron chi connectivity index (χ1n) is 7.03. The summed E-state index contributed by atoms with van der Waals surface area (Å²) in [6.07, 6.45) is 1.51. The molecule has 0 fully saturated rings. The van der Waals surface area contributed by atoms with Crippen molar-refractivity contribution in [1.29, 1.82) is 0 Å². The SMILES string of the molecule is O=C(Nc1ccc(S(=O)(=O)Nc2nccs2)cc1)c1ccc(Cl)cc1. The van der Waals surface area contributed by atoms with Gasteiger partial charge in [0.1, 0.15) is 0 Å². The first-order chi connectivity index (χ1) is 11.9. The van der Waals surface area contributed by atoms with Crippen molar-refractivity contribution in [2.24, 2.45) is 0 Å². The maximum absolute atomic E-state index is 12.2. The summed E-state index contributed by atoms with van der Waals surface area (Å²) in [5.74, 6) is -0.312. The molecule has 0 atom stereocenters. The Kier molecular flexibility index (Phi) is 5.03. The van der Waals surface area contributed by atoms with Crippen LogP contribution in [0.4, 0.5) is 10.8 Å². The second kappa shape index (κ2) is 7.22. The van der Waals surface area contributed by atoms with Crippen LogP contribution in [-0.2, 0) is 10.0 Å². The van der Waals surface area contributed by atoms with Gasteiger partial charge in [0.05, 0.1) is 4.90 Å². The van der Waals surface area contributed by atoms with E-state index in [1.807, 2.05) is 0 Å². The van der Waals surface area contributed by atoms with Crippen molar-refractivity contribution < 1.29 is 13.2 Å². The Morgan fingerprint density at radius 3 is 2.32 bits per heavy atom. The van der Waals surface area contributed by atoms with E-state index in [9.17, 15) is 13.2 Å². The number of hydrogen-bond acceptors (Lipinski definition) is 5. The van der Waals surface area contributed by atoms with Crippen molar-refractivity contribution >= 4 is 49.7 Å². The van der Waals surface area contributed by atoms with E-state index in [-0.39, 0.29) is 10.8 Å². The Bertz CT molecular complexity index is 970. The summed E-state index contributed by atoms with van der Waals surface area (Å²) >= 11 is 6.98. The average Bonchev–Trinajstić information content (AvgIpc) is 3.08. The summed E-state index contributed by atoms with van der Waals surface area (Å²) in [7, 11) is -3.71. The predicted octanol–water partition coefficient (Wildman–Crippen LogP) is 3.85. The lowest BCUT2D eigenvalue weighted by Gasteiger charge is -2.08. The van der Waals surface area contributed by atoms with Gasteiger partial charge in [-0.1, -0.05) is 11.6 Å². The van der Waals surface area contributed by atoms with Gasteiger partial charge in [-0.25, -0.2) is 13.4 Å². The molecule has 9 heteroatoms. The molecule has 1 heterocycles. The molecular formula is C16H12ClN3O3S2. The van der Waals surface area contributed by atoms with Crippen LogP contribution in [0.3, 0.4) is 0 Å². The van der Waals surface area contributed by atoms with E-state index in [1.165, 1.54) is 41.8 Å². The molecule has 3 aromatic rings. The molecule has 0 saturated heterocycles. The van der Waals surface area contributed by atoms with Gasteiger partial charge in [-0.15, -0.1) is 11.3 Å². The second-order valence-electron chi connectivity index (χ2n) is 4.93. The smallest absolute Gasteiger partial charge is 0.263 e. The molecule has 0 aliphatic heterocycles. The fraction of sp³-hybridized carbons (Fsp3) is 0. The fourth-order valence-electron chi connectivity index (χ4n) is 1.97. The van der Waals surface area contributed by atoms with Gasteiger partial charge >= 0.3 is 0 Å². The number of benzene rings is 2. The Balaban J connectivity index is 1.71. The van der Waals surface area contributed by atoms with Crippen molar-refractivity contribution in [2.75, 3.05) is 10.0 Å². The number of carbonyl (C=O) groups is 1. The predicted molar refractivity (Wildman–Crippen MR) is 98.8 cm³/mol. The zero-order valence-corrected chi connectivity index (χ0v) is 15.0. The molecule has 0 spiro atoms. The molecular weight excluding hydrogens is 382 g/mol. The molecule has 0 saturated carbocycles. The maximum atomic E-state index is 12.2. The van der Waals surface area contributed by atoms with E-state index in [0.29, 0.717) is 21.4 Å². The normalized spacial score (nSPS) is 11.1. The Morgan fingerprint density at radius 1 is 1.04 bits per heavy atom. The molecule has 128 valence electrons. The third-order valence-corrected chi connectivity index (χ3v) is 5.61. The van der Waals surface area contributed by atoms with E-state index < -0.39 is 10.0 Å². The van der Waals surface area contributed by atoms with Gasteiger partial charge in [0.25, 0.3) is 15.9 Å². The maximum Gasteiger partial charge on any atom is 0.263 e. The lowest BCUT2D eigenvalue weighted by atomic mass is 10.2. The number of amides is 1. The average molecular weight is 394 g/mol. The molecule has 0 bridgehead atoms. The molecule has 0 aliphatic carbocycles. The summed E-state index contributed by atoms with van der Waals surface area (Å²) in [6, 6.07) is 12.3. The van der Waals surface area contributed by atoms with Gasteiger partial charge in [0.15, 0.2) is 5.13 Å². The summed E-state index contributed by atoms with van der Waals surface area (Å²) in [5.41, 5.74) is 0.930. The highest BCUT2D eigenvalue weighted by atomic mass is 35.5. The summed E-state index contributed by atoms with van der Waals surface area (Å²) < 4.78 is 26.9. The first kappa shape index (κ1) is 17.4. The lowest BCUT2D eigenvalue weighted by molar-refractivity contribution is 0.102. The summed E-state index contributed by atoms with van der Waals surface area (Å²) in [4.78, 5) is 16.1. The number of aromatic nitrogens is 1. The molecule has 3 rings (SSSR count). The number of anilines is 2. The highest BCUT2D eigenvalue weighted by Gasteiger charge is 2.15. The van der Waals surface area contributed by atoms with E-state index in [2.05, 4.69) is 15.0 Å². The van der Waals surface area contributed by atoms with Gasteiger partial charge in [0, 0.05) is 27.9 Å². The molecule has 1 aromatic heterocycles. The zero-order valence-electron chi connectivity index (χ0n) is 12.6. The summed E-state index contributed by atoms with van der Waals surface area (Å²) in [6.45, 7) is 0. The Morgan fingerprint density at radius 2 is 1.72 bits per heavy atom. The van der Waals surface area contributed by atoms with Gasteiger partial charge in [-0.3, -0.25) is 9.52 Å². The van der Waals surface area contributed by atoms with Crippen LogP contribution in [0.15, 0.2) is 65.0 Å². The fourth-order valence-corrected chi connectivity index (χ4v) is 3.88. The largest absolute Gasteiger partial charge is 0.322 e. The third kappa shape index (κ3) is 4.36. The van der Waals surface area contributed by atoms with Crippen molar-refractivity contribution in [3.8, 4) is 0 Å². The molecule has 25 heavy (non-hydrogen) atoms. The van der Waals surface area contributed by atoms with Crippen LogP contribution < -0.4 is 10.0 Å². The van der Waals surface area contributed by atoms with Crippen LogP contribution in [0.2, 0.25) is 5.02 Å². The van der Waals surface area contributed by atoms with Gasteiger partial charge in [0.2, 0.25) is 0 Å². The van der Waals surface area contributed by atoms with Crippen LogP contribution in [0.25, 0.3) is 0 Å². The van der Waals surface area contributed by atoms with Gasteiger partial charge in [-0.05, 0) is 48.5 Å². The lowest BCUT2D eigenvalue weighted by Crippen LogP contribution is -2.14. The van der Waals surface area contributed by atoms with Crippen molar-refractivity contribution in [1.82, 2.24) is 4.98 Å². The Hall–Kier alpha value is -2.42. The molecule has 0 radical (unpaired) electrons. The van der Waals surface area contributed by atoms with Crippen molar-refractivity contribution in [2.45, 2.75) is 4.90 Å². The van der Waals surface area contributed by atoms with Crippen LogP contribution >= 0.6 is 22.9 Å². The third-order valence-electron chi connectivity index (χ3n) is 3.18. The van der Waals surface area contributed by atoms with E-state index in [0.717, 1.165) is 0 Å². The standard InChI is InChI=1S/C16H12ClN3O3S2/c17-12-3-1-11(2-4-12)15(21)19-13-5-7-14(8-6-13)25(22,23)20-16-18-9-10-24-16/h1-10H,(H,18,20)(H,19,21). The van der Waals surface area contributed by atoms with Gasteiger partial charge in [-0.2, -0.15) is 0 Å². The minimum atomic E-state index is -3.71. The highest BCUT2D eigenvalue weighted by molar-refractivity contribution is 7.93. The van der Waals surface area contributed by atoms with E-state index in [1.54, 1.807) is 29.6 Å². The van der Waals surface area contributed by atoms with E-state index in [4.69, 9.17) is 11.6 Å². The van der Waals surface area contributed by atoms with Crippen LogP contribution in [0.5, 0.6) is 0 Å². The number of nitrogens with zero attached hydrogens (tertiary/aromatic N) is 1. The number of hydrogen-bond donors (Lipinski definition) is 2. The molecule has 0 unspecified atom stereocenters. The van der Waals surface area contributed by atoms with Crippen molar-refractivity contribution in [3.05, 3.63) is 70.7 Å². The molecule has 2 N–H and O–H groups in total. The zero-order chi connectivity index (χ0) is 17.9. The number of carbonyl (C=O) groups excluding carboxylic acids is 1. The molecule has 0 aliphatic rings.